The normalized spacial score (nSPS) is 25.3. The summed E-state index contributed by atoms with van der Waals surface area (Å²) in [5.74, 6) is 1.68. The van der Waals surface area contributed by atoms with E-state index in [4.69, 9.17) is 10.5 Å². The fraction of sp³-hybridized carbons (Fsp3) is 0.353. The summed E-state index contributed by atoms with van der Waals surface area (Å²) in [4.78, 5) is 12.3. The molecule has 1 aliphatic rings. The second-order valence-corrected chi connectivity index (χ2v) is 8.67. The molecule has 0 amide bonds. The minimum atomic E-state index is -1.08. The standard InChI is InChI=1S/C17H19N5O3S2/c18-15-12-16(20-8-19-15)22(9-21-12)17-14(24)13(23)11(25-17)7-27-26-6-10-4-2-1-3-5-10/h1-5,8-9,11,13-14,17,23-24H,6-7H2,(H2,18,19,20)/t11-,13-,14-,17-/m1/s1. The number of aliphatic hydroxyl groups excluding tert-OH is 2. The van der Waals surface area contributed by atoms with Crippen LogP contribution in [0.4, 0.5) is 5.82 Å². The lowest BCUT2D eigenvalue weighted by Crippen LogP contribution is -2.32. The summed E-state index contributed by atoms with van der Waals surface area (Å²) in [6.07, 6.45) is -0.504. The highest BCUT2D eigenvalue weighted by atomic mass is 33.1. The number of hydrogen-bond acceptors (Lipinski definition) is 9. The molecule has 0 aliphatic carbocycles. The zero-order valence-electron chi connectivity index (χ0n) is 14.3. The number of fused-ring (bicyclic) bond motifs is 1. The molecule has 1 aromatic carbocycles. The Labute approximate surface area is 163 Å². The maximum absolute atomic E-state index is 10.4. The summed E-state index contributed by atoms with van der Waals surface area (Å²) in [5, 5.41) is 20.8. The molecule has 1 fully saturated rings. The van der Waals surface area contributed by atoms with Crippen LogP contribution in [0.1, 0.15) is 11.8 Å². The summed E-state index contributed by atoms with van der Waals surface area (Å²) < 4.78 is 7.50. The van der Waals surface area contributed by atoms with Crippen LogP contribution in [0.15, 0.2) is 43.0 Å². The third-order valence-electron chi connectivity index (χ3n) is 4.38. The Bertz CT molecular complexity index is 910. The number of imidazole rings is 1. The highest BCUT2D eigenvalue weighted by molar-refractivity contribution is 8.76. The number of rotatable bonds is 6. The topological polar surface area (TPSA) is 119 Å². The molecular weight excluding hydrogens is 386 g/mol. The van der Waals surface area contributed by atoms with Gasteiger partial charge in [0.05, 0.1) is 12.4 Å². The molecule has 0 spiro atoms. The Morgan fingerprint density at radius 1 is 1.07 bits per heavy atom. The summed E-state index contributed by atoms with van der Waals surface area (Å²) in [6, 6.07) is 10.2. The number of benzene rings is 1. The van der Waals surface area contributed by atoms with E-state index in [0.29, 0.717) is 16.9 Å². The smallest absolute Gasteiger partial charge is 0.167 e. The van der Waals surface area contributed by atoms with E-state index < -0.39 is 24.5 Å². The summed E-state index contributed by atoms with van der Waals surface area (Å²) in [6.45, 7) is 0. The minimum Gasteiger partial charge on any atom is -0.387 e. The molecule has 142 valence electrons. The molecule has 27 heavy (non-hydrogen) atoms. The van der Waals surface area contributed by atoms with Gasteiger partial charge in [-0.3, -0.25) is 4.57 Å². The first-order valence-corrected chi connectivity index (χ1v) is 10.9. The van der Waals surface area contributed by atoms with Crippen LogP contribution in [0.2, 0.25) is 0 Å². The van der Waals surface area contributed by atoms with Gasteiger partial charge in [0.1, 0.15) is 24.1 Å². The number of hydrogen-bond donors (Lipinski definition) is 3. The molecule has 4 atom stereocenters. The van der Waals surface area contributed by atoms with Gasteiger partial charge in [0.15, 0.2) is 17.7 Å². The van der Waals surface area contributed by atoms with Crippen molar-refractivity contribution in [2.75, 3.05) is 11.5 Å². The lowest BCUT2D eigenvalue weighted by atomic mass is 10.1. The van der Waals surface area contributed by atoms with Crippen LogP contribution in [-0.4, -0.2) is 53.8 Å². The molecule has 3 heterocycles. The molecule has 2 aromatic heterocycles. The Balaban J connectivity index is 1.39. The molecule has 0 saturated carbocycles. The van der Waals surface area contributed by atoms with Crippen LogP contribution in [0, 0.1) is 0 Å². The second-order valence-electron chi connectivity index (χ2n) is 6.16. The predicted molar refractivity (Wildman–Crippen MR) is 106 cm³/mol. The maximum Gasteiger partial charge on any atom is 0.167 e. The fourth-order valence-corrected chi connectivity index (χ4v) is 5.22. The number of anilines is 1. The van der Waals surface area contributed by atoms with E-state index in [9.17, 15) is 10.2 Å². The predicted octanol–water partition coefficient (Wildman–Crippen LogP) is 1.61. The van der Waals surface area contributed by atoms with Gasteiger partial charge < -0.3 is 20.7 Å². The number of aromatic nitrogens is 4. The average Bonchev–Trinajstić information content (AvgIpc) is 3.23. The monoisotopic (exact) mass is 405 g/mol. The van der Waals surface area contributed by atoms with Gasteiger partial charge in [-0.2, -0.15) is 0 Å². The van der Waals surface area contributed by atoms with Crippen molar-refractivity contribution in [3.8, 4) is 0 Å². The van der Waals surface area contributed by atoms with Gasteiger partial charge >= 0.3 is 0 Å². The van der Waals surface area contributed by atoms with Gasteiger partial charge in [0.2, 0.25) is 0 Å². The van der Waals surface area contributed by atoms with E-state index in [1.165, 1.54) is 18.2 Å². The Morgan fingerprint density at radius 2 is 1.89 bits per heavy atom. The highest BCUT2D eigenvalue weighted by Crippen LogP contribution is 2.36. The van der Waals surface area contributed by atoms with Gasteiger partial charge in [0, 0.05) is 11.5 Å². The average molecular weight is 406 g/mol. The summed E-state index contributed by atoms with van der Waals surface area (Å²) >= 11 is 0. The van der Waals surface area contributed by atoms with E-state index in [0.717, 1.165) is 5.75 Å². The first-order chi connectivity index (χ1) is 13.1. The van der Waals surface area contributed by atoms with Crippen LogP contribution >= 0.6 is 21.6 Å². The molecule has 0 radical (unpaired) electrons. The van der Waals surface area contributed by atoms with Gasteiger partial charge in [-0.1, -0.05) is 51.9 Å². The fourth-order valence-electron chi connectivity index (χ4n) is 2.95. The zero-order valence-corrected chi connectivity index (χ0v) is 15.9. The van der Waals surface area contributed by atoms with Crippen molar-refractivity contribution in [1.82, 2.24) is 19.5 Å². The second kappa shape index (κ2) is 8.03. The van der Waals surface area contributed by atoms with E-state index in [1.54, 1.807) is 26.2 Å². The van der Waals surface area contributed by atoms with Crippen molar-refractivity contribution in [2.24, 2.45) is 0 Å². The van der Waals surface area contributed by atoms with Crippen molar-refractivity contribution in [3.05, 3.63) is 48.5 Å². The summed E-state index contributed by atoms with van der Waals surface area (Å²) in [7, 11) is 3.29. The zero-order chi connectivity index (χ0) is 18.8. The number of nitrogens with zero attached hydrogens (tertiary/aromatic N) is 4. The molecule has 3 aromatic rings. The summed E-state index contributed by atoms with van der Waals surface area (Å²) in [5.41, 5.74) is 7.95. The molecule has 10 heteroatoms. The van der Waals surface area contributed by atoms with Crippen LogP contribution in [-0.2, 0) is 10.5 Å². The minimum absolute atomic E-state index is 0.260. The van der Waals surface area contributed by atoms with Crippen molar-refractivity contribution in [2.45, 2.75) is 30.3 Å². The van der Waals surface area contributed by atoms with Crippen molar-refractivity contribution in [3.63, 3.8) is 0 Å². The lowest BCUT2D eigenvalue weighted by molar-refractivity contribution is -0.0288. The highest BCUT2D eigenvalue weighted by Gasteiger charge is 2.44. The van der Waals surface area contributed by atoms with Gasteiger partial charge in [-0.25, -0.2) is 15.0 Å². The molecule has 0 unspecified atom stereocenters. The maximum atomic E-state index is 10.4. The van der Waals surface area contributed by atoms with E-state index in [-0.39, 0.29) is 5.82 Å². The first kappa shape index (κ1) is 18.5. The molecule has 1 saturated heterocycles. The first-order valence-electron chi connectivity index (χ1n) is 8.38. The van der Waals surface area contributed by atoms with Gasteiger partial charge in [-0.05, 0) is 5.56 Å². The van der Waals surface area contributed by atoms with Crippen molar-refractivity contribution < 1.29 is 14.9 Å². The van der Waals surface area contributed by atoms with E-state index >= 15 is 0 Å². The molecule has 8 nitrogen and oxygen atoms in total. The van der Waals surface area contributed by atoms with E-state index in [1.807, 2.05) is 18.2 Å². The number of ether oxygens (including phenoxy) is 1. The number of nitrogens with two attached hydrogens (primary N) is 1. The van der Waals surface area contributed by atoms with Crippen molar-refractivity contribution in [1.29, 1.82) is 0 Å². The molecule has 4 rings (SSSR count). The Morgan fingerprint density at radius 3 is 2.70 bits per heavy atom. The molecule has 0 bridgehead atoms. The quantitative estimate of drug-likeness (QED) is 0.415. The molecular formula is C17H19N5O3S2. The SMILES string of the molecule is Nc1ncnc2c1ncn2[C@@H]1O[C@H](CSSCc2ccccc2)[C@@H](O)[C@H]1O. The number of nitrogen functional groups attached to an aromatic ring is 1. The molecule has 4 N–H and O–H groups in total. The Kier molecular flexibility index (Phi) is 5.50. The van der Waals surface area contributed by atoms with Crippen LogP contribution in [0.25, 0.3) is 11.2 Å². The van der Waals surface area contributed by atoms with Gasteiger partial charge in [0.25, 0.3) is 0 Å². The molecule has 1 aliphatic heterocycles. The third kappa shape index (κ3) is 3.76. The Hall–Kier alpha value is -1.85. The van der Waals surface area contributed by atoms with Crippen LogP contribution in [0.5, 0.6) is 0 Å². The van der Waals surface area contributed by atoms with Crippen LogP contribution < -0.4 is 5.73 Å². The lowest BCUT2D eigenvalue weighted by Gasteiger charge is -2.16. The largest absolute Gasteiger partial charge is 0.387 e. The van der Waals surface area contributed by atoms with Gasteiger partial charge in [-0.15, -0.1) is 0 Å². The van der Waals surface area contributed by atoms with Crippen molar-refractivity contribution >= 4 is 38.6 Å². The van der Waals surface area contributed by atoms with E-state index in [2.05, 4.69) is 27.1 Å². The third-order valence-corrected chi connectivity index (χ3v) is 6.73. The number of aliphatic hydroxyl groups is 2. The van der Waals surface area contributed by atoms with Crippen LogP contribution in [0.3, 0.4) is 0 Å².